The summed E-state index contributed by atoms with van der Waals surface area (Å²) in [6, 6.07) is 0. The lowest BCUT2D eigenvalue weighted by atomic mass is 9.92. The summed E-state index contributed by atoms with van der Waals surface area (Å²) in [6.07, 6.45) is 6.48. The van der Waals surface area contributed by atoms with Gasteiger partial charge in [-0.05, 0) is 19.8 Å². The average molecular weight is 156 g/mol. The molecule has 0 saturated heterocycles. The number of rotatable bonds is 3. The Morgan fingerprint density at radius 2 is 2.45 bits per heavy atom. The highest BCUT2D eigenvalue weighted by Gasteiger charge is 2.20. The molecule has 0 spiro atoms. The van der Waals surface area contributed by atoms with Gasteiger partial charge in [-0.3, -0.25) is 0 Å². The number of aliphatic hydroxyl groups excluding tert-OH is 1. The van der Waals surface area contributed by atoms with Crippen LogP contribution >= 0.6 is 0 Å². The van der Waals surface area contributed by atoms with E-state index in [1.165, 1.54) is 0 Å². The van der Waals surface area contributed by atoms with Crippen LogP contribution in [0.5, 0.6) is 0 Å². The fourth-order valence-electron chi connectivity index (χ4n) is 1.44. The van der Waals surface area contributed by atoms with Gasteiger partial charge in [-0.2, -0.15) is 0 Å². The Bertz CT molecular complexity index is 132. The van der Waals surface area contributed by atoms with E-state index in [-0.39, 0.29) is 12.7 Å². The molecule has 0 saturated carbocycles. The molecule has 2 atom stereocenters. The number of allylic oxidation sites excluding steroid dienone is 1. The zero-order chi connectivity index (χ0) is 8.10. The molecule has 2 unspecified atom stereocenters. The lowest BCUT2D eigenvalue weighted by molar-refractivity contribution is 0.0235. The van der Waals surface area contributed by atoms with Crippen molar-refractivity contribution in [1.29, 1.82) is 0 Å². The van der Waals surface area contributed by atoms with Crippen molar-refractivity contribution in [2.75, 3.05) is 13.2 Å². The first-order chi connectivity index (χ1) is 5.38. The molecule has 0 amide bonds. The van der Waals surface area contributed by atoms with Crippen LogP contribution in [0.3, 0.4) is 0 Å². The molecule has 1 aliphatic carbocycles. The maximum Gasteiger partial charge on any atom is 0.0805 e. The zero-order valence-corrected chi connectivity index (χ0v) is 6.99. The fraction of sp³-hybridized carbons (Fsp3) is 0.778. The Kier molecular flexibility index (Phi) is 3.60. The summed E-state index contributed by atoms with van der Waals surface area (Å²) in [7, 11) is 0. The van der Waals surface area contributed by atoms with Gasteiger partial charge in [0.1, 0.15) is 0 Å². The van der Waals surface area contributed by atoms with Crippen LogP contribution in [-0.2, 0) is 4.74 Å². The summed E-state index contributed by atoms with van der Waals surface area (Å²) >= 11 is 0. The van der Waals surface area contributed by atoms with Crippen molar-refractivity contribution in [2.45, 2.75) is 25.9 Å². The molecule has 2 heteroatoms. The Hall–Kier alpha value is -0.340. The number of aliphatic hydroxyl groups is 1. The van der Waals surface area contributed by atoms with Gasteiger partial charge in [0.15, 0.2) is 0 Å². The summed E-state index contributed by atoms with van der Waals surface area (Å²) in [6.45, 7) is 2.96. The molecule has 11 heavy (non-hydrogen) atoms. The SMILES string of the molecule is CCOC1C=CCCC1CO. The molecule has 1 rings (SSSR count). The van der Waals surface area contributed by atoms with E-state index in [9.17, 15) is 0 Å². The van der Waals surface area contributed by atoms with Crippen molar-refractivity contribution in [2.24, 2.45) is 5.92 Å². The summed E-state index contributed by atoms with van der Waals surface area (Å²) in [5, 5.41) is 8.97. The molecule has 0 bridgehead atoms. The first-order valence-electron chi connectivity index (χ1n) is 4.27. The van der Waals surface area contributed by atoms with Crippen molar-refractivity contribution in [1.82, 2.24) is 0 Å². The topological polar surface area (TPSA) is 29.5 Å². The van der Waals surface area contributed by atoms with Crippen LogP contribution in [0.2, 0.25) is 0 Å². The maximum absolute atomic E-state index is 8.97. The van der Waals surface area contributed by atoms with Gasteiger partial charge in [-0.1, -0.05) is 12.2 Å². The fourth-order valence-corrected chi connectivity index (χ4v) is 1.44. The van der Waals surface area contributed by atoms with E-state index in [1.54, 1.807) is 0 Å². The Morgan fingerprint density at radius 3 is 3.09 bits per heavy atom. The minimum atomic E-state index is 0.152. The summed E-state index contributed by atoms with van der Waals surface area (Å²) in [5.74, 6) is 0.319. The molecule has 2 nitrogen and oxygen atoms in total. The number of ether oxygens (including phenoxy) is 1. The normalized spacial score (nSPS) is 30.7. The molecule has 1 aliphatic rings. The van der Waals surface area contributed by atoms with Gasteiger partial charge in [0, 0.05) is 19.1 Å². The Morgan fingerprint density at radius 1 is 1.64 bits per heavy atom. The van der Waals surface area contributed by atoms with E-state index in [4.69, 9.17) is 9.84 Å². The largest absolute Gasteiger partial charge is 0.396 e. The summed E-state index contributed by atoms with van der Waals surface area (Å²) in [4.78, 5) is 0. The quantitative estimate of drug-likeness (QED) is 0.625. The minimum Gasteiger partial charge on any atom is -0.396 e. The second-order valence-electron chi connectivity index (χ2n) is 2.87. The Labute approximate surface area is 67.9 Å². The van der Waals surface area contributed by atoms with Gasteiger partial charge >= 0.3 is 0 Å². The van der Waals surface area contributed by atoms with E-state index in [0.29, 0.717) is 5.92 Å². The van der Waals surface area contributed by atoms with Gasteiger partial charge in [0.25, 0.3) is 0 Å². The highest BCUT2D eigenvalue weighted by molar-refractivity contribution is 4.98. The van der Waals surface area contributed by atoms with E-state index < -0.39 is 0 Å². The minimum absolute atomic E-state index is 0.152. The average Bonchev–Trinajstić information content (AvgIpc) is 2.06. The van der Waals surface area contributed by atoms with Gasteiger partial charge < -0.3 is 9.84 Å². The number of hydrogen-bond acceptors (Lipinski definition) is 2. The number of hydrogen-bond donors (Lipinski definition) is 1. The van der Waals surface area contributed by atoms with Crippen molar-refractivity contribution in [3.8, 4) is 0 Å². The predicted molar refractivity (Wildman–Crippen MR) is 44.4 cm³/mol. The van der Waals surface area contributed by atoms with E-state index in [2.05, 4.69) is 12.2 Å². The molecular formula is C9H16O2. The van der Waals surface area contributed by atoms with E-state index in [1.807, 2.05) is 6.92 Å². The molecule has 0 aromatic heterocycles. The van der Waals surface area contributed by atoms with Crippen LogP contribution in [0.15, 0.2) is 12.2 Å². The van der Waals surface area contributed by atoms with E-state index in [0.717, 1.165) is 19.4 Å². The lowest BCUT2D eigenvalue weighted by Crippen LogP contribution is -2.27. The molecule has 0 aromatic rings. The highest BCUT2D eigenvalue weighted by atomic mass is 16.5. The molecule has 0 radical (unpaired) electrons. The first kappa shape index (κ1) is 8.75. The van der Waals surface area contributed by atoms with E-state index >= 15 is 0 Å². The van der Waals surface area contributed by atoms with Crippen LogP contribution in [0.1, 0.15) is 19.8 Å². The molecule has 0 aromatic carbocycles. The van der Waals surface area contributed by atoms with Crippen LogP contribution in [0.25, 0.3) is 0 Å². The second kappa shape index (κ2) is 4.52. The highest BCUT2D eigenvalue weighted by Crippen LogP contribution is 2.20. The van der Waals surface area contributed by atoms with Gasteiger partial charge in [0.05, 0.1) is 6.10 Å². The van der Waals surface area contributed by atoms with Crippen molar-refractivity contribution >= 4 is 0 Å². The van der Waals surface area contributed by atoms with Crippen molar-refractivity contribution < 1.29 is 9.84 Å². The summed E-state index contributed by atoms with van der Waals surface area (Å²) in [5.41, 5.74) is 0. The molecule has 1 N–H and O–H groups in total. The van der Waals surface area contributed by atoms with Crippen LogP contribution in [0.4, 0.5) is 0 Å². The third-order valence-electron chi connectivity index (χ3n) is 2.09. The second-order valence-corrected chi connectivity index (χ2v) is 2.87. The Balaban J connectivity index is 2.43. The molecular weight excluding hydrogens is 140 g/mol. The molecule has 0 heterocycles. The zero-order valence-electron chi connectivity index (χ0n) is 6.99. The smallest absolute Gasteiger partial charge is 0.0805 e. The standard InChI is InChI=1S/C9H16O2/c1-2-11-9-6-4-3-5-8(9)7-10/h4,6,8-10H,2-3,5,7H2,1H3. The molecule has 0 aliphatic heterocycles. The van der Waals surface area contributed by atoms with Crippen molar-refractivity contribution in [3.63, 3.8) is 0 Å². The molecule has 64 valence electrons. The third kappa shape index (κ3) is 2.31. The van der Waals surface area contributed by atoms with Gasteiger partial charge in [0.2, 0.25) is 0 Å². The monoisotopic (exact) mass is 156 g/mol. The molecule has 0 fully saturated rings. The lowest BCUT2D eigenvalue weighted by Gasteiger charge is -2.25. The first-order valence-corrected chi connectivity index (χ1v) is 4.27. The van der Waals surface area contributed by atoms with Crippen LogP contribution < -0.4 is 0 Å². The van der Waals surface area contributed by atoms with Crippen LogP contribution in [0, 0.1) is 5.92 Å². The maximum atomic E-state index is 8.97. The van der Waals surface area contributed by atoms with Gasteiger partial charge in [-0.25, -0.2) is 0 Å². The van der Waals surface area contributed by atoms with Crippen molar-refractivity contribution in [3.05, 3.63) is 12.2 Å². The summed E-state index contributed by atoms with van der Waals surface area (Å²) < 4.78 is 5.44. The predicted octanol–water partition coefficient (Wildman–Crippen LogP) is 1.35. The third-order valence-corrected chi connectivity index (χ3v) is 2.09. The van der Waals surface area contributed by atoms with Crippen LogP contribution in [-0.4, -0.2) is 24.4 Å². The van der Waals surface area contributed by atoms with Gasteiger partial charge in [-0.15, -0.1) is 0 Å².